The third-order valence-corrected chi connectivity index (χ3v) is 4.70. The first-order valence-electron chi connectivity index (χ1n) is 7.17. The first-order chi connectivity index (χ1) is 9.60. The molecule has 1 aromatic heterocycles. The maximum Gasteiger partial charge on any atom is 0.231 e. The summed E-state index contributed by atoms with van der Waals surface area (Å²) in [6, 6.07) is 0. The van der Waals surface area contributed by atoms with E-state index in [2.05, 4.69) is 25.2 Å². The quantitative estimate of drug-likeness (QED) is 0.865. The third-order valence-electron chi connectivity index (χ3n) is 4.53. The lowest BCUT2D eigenvalue weighted by Gasteiger charge is -2.47. The molecule has 2 N–H and O–H groups in total. The van der Waals surface area contributed by atoms with Gasteiger partial charge in [0.2, 0.25) is 17.2 Å². The molecule has 2 fully saturated rings. The Balaban J connectivity index is 1.80. The fourth-order valence-corrected chi connectivity index (χ4v) is 3.50. The molecule has 0 radical (unpaired) electrons. The van der Waals surface area contributed by atoms with Gasteiger partial charge in [-0.05, 0) is 30.9 Å². The minimum atomic E-state index is -0.489. The van der Waals surface area contributed by atoms with Crippen molar-refractivity contribution in [3.63, 3.8) is 0 Å². The van der Waals surface area contributed by atoms with Crippen LogP contribution in [0.2, 0.25) is 5.28 Å². The molecule has 0 aromatic carbocycles. The Morgan fingerprint density at radius 2 is 2.15 bits per heavy atom. The zero-order valence-corrected chi connectivity index (χ0v) is 12.4. The lowest BCUT2D eigenvalue weighted by atomic mass is 9.71. The van der Waals surface area contributed by atoms with E-state index in [-0.39, 0.29) is 5.28 Å². The number of aromatic nitrogens is 3. The highest BCUT2D eigenvalue weighted by Crippen LogP contribution is 2.40. The Kier molecular flexibility index (Phi) is 3.69. The average molecular weight is 298 g/mol. The van der Waals surface area contributed by atoms with E-state index in [4.69, 9.17) is 11.6 Å². The second-order valence-corrected chi connectivity index (χ2v) is 6.06. The molecule has 0 spiro atoms. The van der Waals surface area contributed by atoms with Crippen LogP contribution in [0.15, 0.2) is 0 Å². The Morgan fingerprint density at radius 1 is 1.30 bits per heavy atom. The lowest BCUT2D eigenvalue weighted by Crippen LogP contribution is -2.53. The van der Waals surface area contributed by atoms with E-state index >= 15 is 0 Å². The van der Waals surface area contributed by atoms with E-state index in [1.807, 2.05) is 0 Å². The molecule has 2 aliphatic rings. The van der Waals surface area contributed by atoms with Crippen molar-refractivity contribution in [2.24, 2.45) is 5.92 Å². The molecule has 2 heterocycles. The second kappa shape index (κ2) is 5.33. The molecule has 1 aliphatic heterocycles. The van der Waals surface area contributed by atoms with E-state index in [1.54, 1.807) is 7.05 Å². The molecule has 0 amide bonds. The van der Waals surface area contributed by atoms with Crippen molar-refractivity contribution < 1.29 is 5.11 Å². The molecule has 2 atom stereocenters. The number of nitrogens with zero attached hydrogens (tertiary/aromatic N) is 4. The van der Waals surface area contributed by atoms with Crippen molar-refractivity contribution >= 4 is 23.5 Å². The summed E-state index contributed by atoms with van der Waals surface area (Å²) in [5, 5.41) is 13.8. The summed E-state index contributed by atoms with van der Waals surface area (Å²) in [7, 11) is 1.76. The van der Waals surface area contributed by atoms with E-state index in [0.29, 0.717) is 17.8 Å². The predicted molar refractivity (Wildman–Crippen MR) is 78.1 cm³/mol. The number of rotatable bonds is 2. The van der Waals surface area contributed by atoms with Crippen LogP contribution < -0.4 is 10.2 Å². The molecular formula is C13H20ClN5O. The van der Waals surface area contributed by atoms with E-state index < -0.39 is 5.60 Å². The molecule has 7 heteroatoms. The van der Waals surface area contributed by atoms with Gasteiger partial charge in [0, 0.05) is 26.1 Å². The van der Waals surface area contributed by atoms with E-state index in [1.165, 1.54) is 6.42 Å². The summed E-state index contributed by atoms with van der Waals surface area (Å²) in [5.41, 5.74) is -0.489. The van der Waals surface area contributed by atoms with Crippen LogP contribution in [-0.4, -0.2) is 45.8 Å². The normalized spacial score (nSPS) is 29.9. The molecule has 1 saturated carbocycles. The van der Waals surface area contributed by atoms with Crippen molar-refractivity contribution in [3.05, 3.63) is 5.28 Å². The average Bonchev–Trinajstić information content (AvgIpc) is 2.45. The number of halogens is 1. The predicted octanol–water partition coefficient (Wildman–Crippen LogP) is 1.70. The third kappa shape index (κ3) is 2.54. The minimum Gasteiger partial charge on any atom is -0.389 e. The van der Waals surface area contributed by atoms with Gasteiger partial charge in [0.05, 0.1) is 5.60 Å². The zero-order valence-electron chi connectivity index (χ0n) is 11.6. The standard InChI is InChI=1S/C13H20ClN5O/c1-15-11-16-10(14)17-12(18-11)19-7-6-13(20)5-3-2-4-9(13)8-19/h9,20H,2-8H2,1H3,(H,15,16,17,18). The largest absolute Gasteiger partial charge is 0.389 e. The number of aliphatic hydroxyl groups is 1. The van der Waals surface area contributed by atoms with Gasteiger partial charge in [0.1, 0.15) is 0 Å². The maximum absolute atomic E-state index is 10.7. The number of piperidine rings is 1. The minimum absolute atomic E-state index is 0.198. The van der Waals surface area contributed by atoms with Crippen molar-refractivity contribution in [2.45, 2.75) is 37.7 Å². The van der Waals surface area contributed by atoms with E-state index in [9.17, 15) is 5.11 Å². The summed E-state index contributed by atoms with van der Waals surface area (Å²) in [4.78, 5) is 14.7. The van der Waals surface area contributed by atoms with Crippen molar-refractivity contribution in [1.29, 1.82) is 0 Å². The summed E-state index contributed by atoms with van der Waals surface area (Å²) >= 11 is 5.93. The van der Waals surface area contributed by atoms with Crippen LogP contribution in [0.1, 0.15) is 32.1 Å². The maximum atomic E-state index is 10.7. The zero-order chi connectivity index (χ0) is 14.2. The summed E-state index contributed by atoms with van der Waals surface area (Å²) < 4.78 is 0. The van der Waals surface area contributed by atoms with Crippen molar-refractivity contribution in [3.8, 4) is 0 Å². The van der Waals surface area contributed by atoms with Crippen LogP contribution >= 0.6 is 11.6 Å². The number of hydrogen-bond donors (Lipinski definition) is 2. The highest BCUT2D eigenvalue weighted by atomic mass is 35.5. The molecular weight excluding hydrogens is 278 g/mol. The molecule has 1 aliphatic carbocycles. The van der Waals surface area contributed by atoms with Gasteiger partial charge in [-0.3, -0.25) is 0 Å². The van der Waals surface area contributed by atoms with Gasteiger partial charge in [0.25, 0.3) is 0 Å². The van der Waals surface area contributed by atoms with Gasteiger partial charge in [-0.25, -0.2) is 0 Å². The molecule has 1 aromatic rings. The Bertz CT molecular complexity index is 500. The molecule has 0 bridgehead atoms. The van der Waals surface area contributed by atoms with Gasteiger partial charge in [-0.2, -0.15) is 15.0 Å². The van der Waals surface area contributed by atoms with Crippen molar-refractivity contribution in [2.75, 3.05) is 30.4 Å². The van der Waals surface area contributed by atoms with Crippen LogP contribution in [0.3, 0.4) is 0 Å². The summed E-state index contributed by atoms with van der Waals surface area (Å²) in [5.74, 6) is 1.38. The van der Waals surface area contributed by atoms with Gasteiger partial charge in [0.15, 0.2) is 0 Å². The smallest absolute Gasteiger partial charge is 0.231 e. The van der Waals surface area contributed by atoms with Crippen LogP contribution in [-0.2, 0) is 0 Å². The fourth-order valence-electron chi connectivity index (χ4n) is 3.35. The first-order valence-corrected chi connectivity index (χ1v) is 7.55. The van der Waals surface area contributed by atoms with Gasteiger partial charge < -0.3 is 15.3 Å². The number of anilines is 2. The second-order valence-electron chi connectivity index (χ2n) is 5.72. The lowest BCUT2D eigenvalue weighted by molar-refractivity contribution is -0.0614. The molecule has 2 unspecified atom stereocenters. The molecule has 6 nitrogen and oxygen atoms in total. The highest BCUT2D eigenvalue weighted by molar-refractivity contribution is 6.28. The Hall–Kier alpha value is -1.14. The molecule has 110 valence electrons. The SMILES string of the molecule is CNc1nc(Cl)nc(N2CCC3(O)CCCCC3C2)n1. The Morgan fingerprint density at radius 3 is 2.95 bits per heavy atom. The van der Waals surface area contributed by atoms with Crippen molar-refractivity contribution in [1.82, 2.24) is 15.0 Å². The van der Waals surface area contributed by atoms with E-state index in [0.717, 1.165) is 38.8 Å². The van der Waals surface area contributed by atoms with Gasteiger partial charge >= 0.3 is 0 Å². The van der Waals surface area contributed by atoms with Crippen LogP contribution in [0.4, 0.5) is 11.9 Å². The topological polar surface area (TPSA) is 74.2 Å². The van der Waals surface area contributed by atoms with Crippen LogP contribution in [0.5, 0.6) is 0 Å². The van der Waals surface area contributed by atoms with Crippen LogP contribution in [0, 0.1) is 5.92 Å². The fraction of sp³-hybridized carbons (Fsp3) is 0.769. The van der Waals surface area contributed by atoms with Gasteiger partial charge in [-0.1, -0.05) is 12.8 Å². The summed E-state index contributed by atoms with van der Waals surface area (Å²) in [6.45, 7) is 1.55. The molecule has 20 heavy (non-hydrogen) atoms. The van der Waals surface area contributed by atoms with Crippen LogP contribution in [0.25, 0.3) is 0 Å². The number of nitrogens with one attached hydrogen (secondary N) is 1. The summed E-state index contributed by atoms with van der Waals surface area (Å²) in [6.07, 6.45) is 5.10. The number of hydrogen-bond acceptors (Lipinski definition) is 6. The Labute approximate surface area is 123 Å². The number of fused-ring (bicyclic) bond motifs is 1. The monoisotopic (exact) mass is 297 g/mol. The first kappa shape index (κ1) is 13.8. The molecule has 1 saturated heterocycles. The molecule has 3 rings (SSSR count). The van der Waals surface area contributed by atoms with Gasteiger partial charge in [-0.15, -0.1) is 0 Å². The highest BCUT2D eigenvalue weighted by Gasteiger charge is 2.43.